The molecule has 3 aromatic rings. The smallest absolute Gasteiger partial charge is 0.119 e. The summed E-state index contributed by atoms with van der Waals surface area (Å²) in [6.07, 6.45) is 2.78. The van der Waals surface area contributed by atoms with Crippen molar-refractivity contribution in [3.05, 3.63) is 114 Å². The zero-order valence-electron chi connectivity index (χ0n) is 18.8. The Hall–Kier alpha value is -3.10. The fourth-order valence-electron chi connectivity index (χ4n) is 3.82. The van der Waals surface area contributed by atoms with Gasteiger partial charge in [-0.3, -0.25) is 0 Å². The summed E-state index contributed by atoms with van der Waals surface area (Å²) in [5.74, 6) is 0.910. The lowest BCUT2D eigenvalue weighted by Gasteiger charge is -2.19. The standard InChI is InChI=1S/C29H33NO/c1-4-13-28(24-14-9-7-10-15-24)29(25-16-11-8-12-17-25)26-18-20-27(21-19-26)31-23-22-30(5-2)6-3/h4,7-12,14-21H,1,5-6,13,22-23H2,2-3H3/b29-28-. The normalized spacial score (nSPS) is 11.8. The van der Waals surface area contributed by atoms with Gasteiger partial charge in [0.2, 0.25) is 0 Å². The Labute approximate surface area is 187 Å². The number of nitrogens with zero attached hydrogens (tertiary/aromatic N) is 1. The molecule has 0 heterocycles. The highest BCUT2D eigenvalue weighted by atomic mass is 16.5. The van der Waals surface area contributed by atoms with Crippen LogP contribution in [0, 0.1) is 0 Å². The van der Waals surface area contributed by atoms with Crippen LogP contribution in [-0.4, -0.2) is 31.1 Å². The Morgan fingerprint density at radius 3 is 1.87 bits per heavy atom. The highest BCUT2D eigenvalue weighted by Gasteiger charge is 2.13. The first-order chi connectivity index (χ1) is 15.3. The van der Waals surface area contributed by atoms with E-state index >= 15 is 0 Å². The number of hydrogen-bond donors (Lipinski definition) is 0. The highest BCUT2D eigenvalue weighted by molar-refractivity contribution is 5.99. The summed E-state index contributed by atoms with van der Waals surface area (Å²) in [7, 11) is 0. The van der Waals surface area contributed by atoms with Gasteiger partial charge in [0, 0.05) is 6.54 Å². The summed E-state index contributed by atoms with van der Waals surface area (Å²) < 4.78 is 6.00. The van der Waals surface area contributed by atoms with Crippen molar-refractivity contribution in [3.8, 4) is 5.75 Å². The Morgan fingerprint density at radius 2 is 1.32 bits per heavy atom. The van der Waals surface area contributed by atoms with E-state index in [-0.39, 0.29) is 0 Å². The van der Waals surface area contributed by atoms with E-state index in [1.165, 1.54) is 27.8 Å². The summed E-state index contributed by atoms with van der Waals surface area (Å²) in [6.45, 7) is 12.1. The molecule has 2 nitrogen and oxygen atoms in total. The Bertz CT molecular complexity index is 955. The average Bonchev–Trinajstić information content (AvgIpc) is 2.84. The first kappa shape index (κ1) is 22.6. The van der Waals surface area contributed by atoms with E-state index in [2.05, 4.69) is 110 Å². The summed E-state index contributed by atoms with van der Waals surface area (Å²) in [5, 5.41) is 0. The molecule has 0 radical (unpaired) electrons. The van der Waals surface area contributed by atoms with Crippen LogP contribution in [0.2, 0.25) is 0 Å². The third-order valence-corrected chi connectivity index (χ3v) is 5.55. The fourth-order valence-corrected chi connectivity index (χ4v) is 3.82. The molecular weight excluding hydrogens is 378 g/mol. The van der Waals surface area contributed by atoms with Crippen molar-refractivity contribution in [2.75, 3.05) is 26.2 Å². The third kappa shape index (κ3) is 6.19. The van der Waals surface area contributed by atoms with Crippen molar-refractivity contribution in [2.45, 2.75) is 20.3 Å². The number of benzene rings is 3. The second-order valence-electron chi connectivity index (χ2n) is 7.48. The Balaban J connectivity index is 1.94. The molecule has 0 fully saturated rings. The van der Waals surface area contributed by atoms with Crippen molar-refractivity contribution in [2.24, 2.45) is 0 Å². The van der Waals surface area contributed by atoms with E-state index in [0.29, 0.717) is 6.61 Å². The molecule has 0 saturated carbocycles. The number of hydrogen-bond acceptors (Lipinski definition) is 2. The van der Waals surface area contributed by atoms with Gasteiger partial charge >= 0.3 is 0 Å². The van der Waals surface area contributed by atoms with Crippen molar-refractivity contribution in [1.82, 2.24) is 4.90 Å². The summed E-state index contributed by atoms with van der Waals surface area (Å²) in [4.78, 5) is 2.37. The predicted octanol–water partition coefficient (Wildman–Crippen LogP) is 6.94. The van der Waals surface area contributed by atoms with Gasteiger partial charge in [0.05, 0.1) is 0 Å². The molecule has 31 heavy (non-hydrogen) atoms. The van der Waals surface area contributed by atoms with Crippen LogP contribution >= 0.6 is 0 Å². The molecule has 0 aliphatic rings. The molecule has 0 unspecified atom stereocenters. The molecule has 0 saturated heterocycles. The second-order valence-corrected chi connectivity index (χ2v) is 7.48. The number of likely N-dealkylation sites (N-methyl/N-ethyl adjacent to an activating group) is 1. The van der Waals surface area contributed by atoms with Crippen LogP contribution in [0.15, 0.2) is 97.6 Å². The van der Waals surface area contributed by atoms with Crippen molar-refractivity contribution >= 4 is 11.1 Å². The summed E-state index contributed by atoms with van der Waals surface area (Å²) >= 11 is 0. The van der Waals surface area contributed by atoms with E-state index in [1.807, 2.05) is 6.08 Å². The van der Waals surface area contributed by atoms with Crippen LogP contribution in [0.25, 0.3) is 11.1 Å². The summed E-state index contributed by atoms with van der Waals surface area (Å²) in [6, 6.07) is 29.7. The Kier molecular flexibility index (Phi) is 8.69. The van der Waals surface area contributed by atoms with Gasteiger partial charge in [0.15, 0.2) is 0 Å². The maximum absolute atomic E-state index is 6.00. The molecule has 0 amide bonds. The lowest BCUT2D eigenvalue weighted by Crippen LogP contribution is -2.27. The molecule has 3 rings (SSSR count). The van der Waals surface area contributed by atoms with Crippen LogP contribution in [0.3, 0.4) is 0 Å². The molecule has 0 bridgehead atoms. The molecule has 0 aliphatic heterocycles. The molecule has 0 aliphatic carbocycles. The molecule has 160 valence electrons. The van der Waals surface area contributed by atoms with Gasteiger partial charge in [-0.2, -0.15) is 0 Å². The zero-order chi connectivity index (χ0) is 21.9. The zero-order valence-corrected chi connectivity index (χ0v) is 18.8. The van der Waals surface area contributed by atoms with Crippen molar-refractivity contribution < 1.29 is 4.74 Å². The maximum Gasteiger partial charge on any atom is 0.119 e. The van der Waals surface area contributed by atoms with Crippen LogP contribution in [0.5, 0.6) is 5.75 Å². The average molecular weight is 412 g/mol. The first-order valence-electron chi connectivity index (χ1n) is 11.2. The minimum Gasteiger partial charge on any atom is -0.492 e. The molecule has 0 N–H and O–H groups in total. The number of ether oxygens (including phenoxy) is 1. The van der Waals surface area contributed by atoms with Gasteiger partial charge in [0.1, 0.15) is 12.4 Å². The molecular formula is C29H33NO. The molecule has 0 atom stereocenters. The fraction of sp³-hybridized carbons (Fsp3) is 0.241. The number of allylic oxidation sites excluding steroid dienone is 2. The Morgan fingerprint density at radius 1 is 0.774 bits per heavy atom. The quantitative estimate of drug-likeness (QED) is 0.250. The van der Waals surface area contributed by atoms with Crippen LogP contribution < -0.4 is 4.74 Å². The van der Waals surface area contributed by atoms with Gasteiger partial charge in [-0.25, -0.2) is 0 Å². The SMILES string of the molecule is C=CC/C(=C(\c1ccccc1)c1ccc(OCCN(CC)CC)cc1)c1ccccc1. The predicted molar refractivity (Wildman–Crippen MR) is 133 cm³/mol. The maximum atomic E-state index is 6.00. The molecule has 3 aromatic carbocycles. The third-order valence-electron chi connectivity index (χ3n) is 5.55. The largest absolute Gasteiger partial charge is 0.492 e. The molecule has 2 heteroatoms. The minimum absolute atomic E-state index is 0.703. The van der Waals surface area contributed by atoms with E-state index in [4.69, 9.17) is 4.74 Å². The molecule has 0 spiro atoms. The van der Waals surface area contributed by atoms with Crippen LogP contribution in [0.4, 0.5) is 0 Å². The lowest BCUT2D eigenvalue weighted by atomic mass is 9.88. The van der Waals surface area contributed by atoms with Crippen LogP contribution in [-0.2, 0) is 0 Å². The minimum atomic E-state index is 0.703. The lowest BCUT2D eigenvalue weighted by molar-refractivity contribution is 0.223. The van der Waals surface area contributed by atoms with E-state index in [0.717, 1.165) is 31.8 Å². The summed E-state index contributed by atoms with van der Waals surface area (Å²) in [5.41, 5.74) is 6.13. The topological polar surface area (TPSA) is 12.5 Å². The highest BCUT2D eigenvalue weighted by Crippen LogP contribution is 2.35. The van der Waals surface area contributed by atoms with Crippen molar-refractivity contribution in [1.29, 1.82) is 0 Å². The van der Waals surface area contributed by atoms with E-state index in [1.54, 1.807) is 0 Å². The van der Waals surface area contributed by atoms with Gasteiger partial charge in [0.25, 0.3) is 0 Å². The van der Waals surface area contributed by atoms with E-state index < -0.39 is 0 Å². The van der Waals surface area contributed by atoms with Crippen LogP contribution in [0.1, 0.15) is 37.0 Å². The first-order valence-corrected chi connectivity index (χ1v) is 11.2. The van der Waals surface area contributed by atoms with Gasteiger partial charge < -0.3 is 9.64 Å². The van der Waals surface area contributed by atoms with Gasteiger partial charge in [-0.05, 0) is 59.5 Å². The molecule has 0 aromatic heterocycles. The monoisotopic (exact) mass is 411 g/mol. The van der Waals surface area contributed by atoms with Gasteiger partial charge in [-0.15, -0.1) is 6.58 Å². The second kappa shape index (κ2) is 11.9. The number of rotatable bonds is 11. The van der Waals surface area contributed by atoms with E-state index in [9.17, 15) is 0 Å². The van der Waals surface area contributed by atoms with Gasteiger partial charge in [-0.1, -0.05) is 92.7 Å². The van der Waals surface area contributed by atoms with Crippen molar-refractivity contribution in [3.63, 3.8) is 0 Å².